The van der Waals surface area contributed by atoms with E-state index < -0.39 is 9.84 Å². The van der Waals surface area contributed by atoms with E-state index in [2.05, 4.69) is 10.7 Å². The second-order valence-electron chi connectivity index (χ2n) is 6.00. The van der Waals surface area contributed by atoms with E-state index in [1.165, 1.54) is 12.1 Å². The van der Waals surface area contributed by atoms with Crippen molar-refractivity contribution in [2.45, 2.75) is 17.9 Å². The average Bonchev–Trinajstić information content (AvgIpc) is 3.00. The van der Waals surface area contributed by atoms with Gasteiger partial charge in [-0.05, 0) is 61.1 Å². The molecule has 0 spiro atoms. The molecule has 0 fully saturated rings. The lowest BCUT2D eigenvalue weighted by atomic mass is 10.1. The molecule has 2 aromatic rings. The Kier molecular flexibility index (Phi) is 5.79. The van der Waals surface area contributed by atoms with Crippen molar-refractivity contribution in [1.29, 1.82) is 0 Å². The van der Waals surface area contributed by atoms with Gasteiger partial charge in [-0.2, -0.15) is 11.3 Å². The summed E-state index contributed by atoms with van der Waals surface area (Å²) in [5.74, 6) is -0.264. The summed E-state index contributed by atoms with van der Waals surface area (Å²) in [6.07, 6.45) is 1.14. The van der Waals surface area contributed by atoms with Crippen LogP contribution in [0.4, 0.5) is 0 Å². The van der Waals surface area contributed by atoms with Gasteiger partial charge in [-0.15, -0.1) is 0 Å². The number of nitrogens with zero attached hydrogens (tertiary/aromatic N) is 1. The quantitative estimate of drug-likeness (QED) is 0.853. The molecule has 7 heteroatoms. The van der Waals surface area contributed by atoms with Gasteiger partial charge in [0.25, 0.3) is 5.91 Å². The zero-order valence-electron chi connectivity index (χ0n) is 14.2. The number of carbonyl (C=O) groups is 1. The SMILES string of the molecule is Cc1ccc(S(C)(=O)=O)cc1C(=O)NCC(c1ccsc1)N(C)C. The van der Waals surface area contributed by atoms with Crippen molar-refractivity contribution in [2.75, 3.05) is 26.9 Å². The number of hydrogen-bond acceptors (Lipinski definition) is 5. The summed E-state index contributed by atoms with van der Waals surface area (Å²) < 4.78 is 23.4. The van der Waals surface area contributed by atoms with E-state index in [9.17, 15) is 13.2 Å². The maximum Gasteiger partial charge on any atom is 0.251 e. The van der Waals surface area contributed by atoms with Gasteiger partial charge in [0.1, 0.15) is 0 Å². The van der Waals surface area contributed by atoms with Crippen LogP contribution in [0.25, 0.3) is 0 Å². The minimum Gasteiger partial charge on any atom is -0.350 e. The van der Waals surface area contributed by atoms with E-state index in [0.29, 0.717) is 12.1 Å². The lowest BCUT2D eigenvalue weighted by Gasteiger charge is -2.24. The number of benzene rings is 1. The Balaban J connectivity index is 2.18. The van der Waals surface area contributed by atoms with Crippen LogP contribution < -0.4 is 5.32 Å². The molecular weight excluding hydrogens is 344 g/mol. The van der Waals surface area contributed by atoms with Gasteiger partial charge in [-0.3, -0.25) is 4.79 Å². The van der Waals surface area contributed by atoms with Crippen LogP contribution in [0.3, 0.4) is 0 Å². The summed E-state index contributed by atoms with van der Waals surface area (Å²) in [4.78, 5) is 14.7. The first-order valence-electron chi connectivity index (χ1n) is 7.47. The van der Waals surface area contributed by atoms with Crippen molar-refractivity contribution < 1.29 is 13.2 Å². The molecule has 24 heavy (non-hydrogen) atoms. The topological polar surface area (TPSA) is 66.5 Å². The number of likely N-dealkylation sites (N-methyl/N-ethyl adjacent to an activating group) is 1. The third kappa shape index (κ3) is 4.43. The summed E-state index contributed by atoms with van der Waals surface area (Å²) in [6.45, 7) is 2.24. The molecule has 130 valence electrons. The number of hydrogen-bond donors (Lipinski definition) is 1. The van der Waals surface area contributed by atoms with Crippen LogP contribution in [-0.2, 0) is 9.84 Å². The van der Waals surface area contributed by atoms with Crippen molar-refractivity contribution in [2.24, 2.45) is 0 Å². The van der Waals surface area contributed by atoms with E-state index in [-0.39, 0.29) is 16.8 Å². The van der Waals surface area contributed by atoms with E-state index in [1.54, 1.807) is 24.3 Å². The highest BCUT2D eigenvalue weighted by molar-refractivity contribution is 7.90. The minimum atomic E-state index is -3.34. The molecule has 0 radical (unpaired) electrons. The Hall–Kier alpha value is -1.70. The van der Waals surface area contributed by atoms with Crippen molar-refractivity contribution in [3.8, 4) is 0 Å². The van der Waals surface area contributed by atoms with Crippen LogP contribution in [0.2, 0.25) is 0 Å². The van der Waals surface area contributed by atoms with Gasteiger partial charge in [0.2, 0.25) is 0 Å². The fraction of sp³-hybridized carbons (Fsp3) is 0.353. The summed E-state index contributed by atoms with van der Waals surface area (Å²) in [6, 6.07) is 6.73. The summed E-state index contributed by atoms with van der Waals surface area (Å²) in [7, 11) is 0.582. The molecule has 2 rings (SSSR count). The smallest absolute Gasteiger partial charge is 0.251 e. The monoisotopic (exact) mass is 366 g/mol. The van der Waals surface area contributed by atoms with Gasteiger partial charge in [-0.25, -0.2) is 8.42 Å². The standard InChI is InChI=1S/C17H22N2O3S2/c1-12-5-6-14(24(4,21)22)9-15(12)17(20)18-10-16(19(2)3)13-7-8-23-11-13/h5-9,11,16H,10H2,1-4H3,(H,18,20). The maximum absolute atomic E-state index is 12.5. The fourth-order valence-electron chi connectivity index (χ4n) is 2.42. The Labute approximate surface area is 147 Å². The van der Waals surface area contributed by atoms with Gasteiger partial charge in [0.15, 0.2) is 9.84 Å². The first-order valence-corrected chi connectivity index (χ1v) is 10.3. The van der Waals surface area contributed by atoms with Crippen molar-refractivity contribution in [3.05, 3.63) is 51.7 Å². The molecule has 1 aromatic heterocycles. The molecule has 5 nitrogen and oxygen atoms in total. The Morgan fingerprint density at radius 2 is 2.00 bits per heavy atom. The highest BCUT2D eigenvalue weighted by Crippen LogP contribution is 2.21. The Morgan fingerprint density at radius 3 is 2.54 bits per heavy atom. The fourth-order valence-corrected chi connectivity index (χ4v) is 3.78. The highest BCUT2D eigenvalue weighted by atomic mass is 32.2. The van der Waals surface area contributed by atoms with E-state index >= 15 is 0 Å². The first kappa shape index (κ1) is 18.6. The third-order valence-electron chi connectivity index (χ3n) is 3.89. The predicted octanol–water partition coefficient (Wildman–Crippen LogP) is 2.49. The molecule has 0 aliphatic carbocycles. The van der Waals surface area contributed by atoms with Crippen LogP contribution in [0.1, 0.15) is 27.5 Å². The molecule has 1 unspecified atom stereocenters. The van der Waals surface area contributed by atoms with Crippen LogP contribution in [-0.4, -0.2) is 46.1 Å². The lowest BCUT2D eigenvalue weighted by molar-refractivity contribution is 0.0941. The van der Waals surface area contributed by atoms with Gasteiger partial charge in [-0.1, -0.05) is 6.07 Å². The minimum absolute atomic E-state index is 0.0681. The molecule has 1 aromatic carbocycles. The van der Waals surface area contributed by atoms with Crippen LogP contribution in [0.5, 0.6) is 0 Å². The van der Waals surface area contributed by atoms with E-state index in [4.69, 9.17) is 0 Å². The highest BCUT2D eigenvalue weighted by Gasteiger charge is 2.18. The summed E-state index contributed by atoms with van der Waals surface area (Å²) >= 11 is 1.62. The van der Waals surface area contributed by atoms with Crippen LogP contribution >= 0.6 is 11.3 Å². The zero-order chi connectivity index (χ0) is 17.9. The number of sulfone groups is 1. The predicted molar refractivity (Wildman–Crippen MR) is 97.4 cm³/mol. The largest absolute Gasteiger partial charge is 0.350 e. The third-order valence-corrected chi connectivity index (χ3v) is 5.70. The molecule has 0 saturated carbocycles. The number of nitrogens with one attached hydrogen (secondary N) is 1. The molecule has 1 amide bonds. The average molecular weight is 367 g/mol. The van der Waals surface area contributed by atoms with Crippen LogP contribution in [0.15, 0.2) is 39.9 Å². The Morgan fingerprint density at radius 1 is 1.29 bits per heavy atom. The van der Waals surface area contributed by atoms with Crippen molar-refractivity contribution >= 4 is 27.1 Å². The summed E-state index contributed by atoms with van der Waals surface area (Å²) in [5, 5.41) is 6.99. The Bertz CT molecular complexity index is 812. The van der Waals surface area contributed by atoms with E-state index in [1.807, 2.05) is 30.4 Å². The van der Waals surface area contributed by atoms with Gasteiger partial charge in [0.05, 0.1) is 10.9 Å². The van der Waals surface area contributed by atoms with E-state index in [0.717, 1.165) is 17.4 Å². The molecule has 0 aliphatic heterocycles. The molecule has 0 saturated heterocycles. The number of thiophene rings is 1. The number of rotatable bonds is 6. The van der Waals surface area contributed by atoms with Crippen molar-refractivity contribution in [1.82, 2.24) is 10.2 Å². The number of aryl methyl sites for hydroxylation is 1. The lowest BCUT2D eigenvalue weighted by Crippen LogP contribution is -2.34. The summed E-state index contributed by atoms with van der Waals surface area (Å²) in [5.41, 5.74) is 2.28. The second kappa shape index (κ2) is 7.46. The molecule has 1 atom stereocenters. The number of amides is 1. The zero-order valence-corrected chi connectivity index (χ0v) is 15.9. The molecule has 1 heterocycles. The van der Waals surface area contributed by atoms with Gasteiger partial charge < -0.3 is 10.2 Å². The molecule has 0 aliphatic rings. The first-order chi connectivity index (χ1) is 11.2. The normalized spacial score (nSPS) is 13.0. The van der Waals surface area contributed by atoms with Crippen LogP contribution in [0, 0.1) is 6.92 Å². The number of carbonyl (C=O) groups excluding carboxylic acids is 1. The maximum atomic E-state index is 12.5. The van der Waals surface area contributed by atoms with Gasteiger partial charge >= 0.3 is 0 Å². The van der Waals surface area contributed by atoms with Crippen molar-refractivity contribution in [3.63, 3.8) is 0 Å². The molecule has 1 N–H and O–H groups in total. The molecule has 0 bridgehead atoms. The second-order valence-corrected chi connectivity index (χ2v) is 8.79. The molecular formula is C17H22N2O3S2. The van der Waals surface area contributed by atoms with Gasteiger partial charge in [0, 0.05) is 18.4 Å².